The van der Waals surface area contributed by atoms with Gasteiger partial charge in [-0.1, -0.05) is 35.9 Å². The van der Waals surface area contributed by atoms with Crippen LogP contribution in [0.2, 0.25) is 0 Å². The predicted molar refractivity (Wildman–Crippen MR) is 137 cm³/mol. The molecule has 0 aliphatic carbocycles. The second kappa shape index (κ2) is 11.0. The van der Waals surface area contributed by atoms with Crippen molar-refractivity contribution in [2.75, 3.05) is 31.4 Å². The number of carbonyl (C=O) groups excluding carboxylic acids is 2. The summed E-state index contributed by atoms with van der Waals surface area (Å²) in [6.07, 6.45) is 1.37. The molecule has 1 heterocycles. The van der Waals surface area contributed by atoms with Crippen LogP contribution in [0.15, 0.2) is 72.8 Å². The number of rotatable bonds is 6. The van der Waals surface area contributed by atoms with Gasteiger partial charge in [0.25, 0.3) is 0 Å². The molecule has 2 atom stereocenters. The molecule has 0 bridgehead atoms. The number of nitrogens with one attached hydrogen (secondary N) is 2. The largest absolute Gasteiger partial charge is 0.497 e. The van der Waals surface area contributed by atoms with Crippen LogP contribution in [0.4, 0.5) is 16.2 Å². The topological polar surface area (TPSA) is 79.9 Å². The van der Waals surface area contributed by atoms with E-state index in [9.17, 15) is 9.59 Å². The van der Waals surface area contributed by atoms with Gasteiger partial charge in [-0.2, -0.15) is 0 Å². The first-order valence-electron chi connectivity index (χ1n) is 11.7. The Balaban J connectivity index is 1.53. The average molecular weight is 474 g/mol. The second-order valence-electron chi connectivity index (χ2n) is 8.74. The zero-order valence-corrected chi connectivity index (χ0v) is 20.3. The molecular weight excluding hydrogens is 442 g/mol. The summed E-state index contributed by atoms with van der Waals surface area (Å²) < 4.78 is 10.5. The highest BCUT2D eigenvalue weighted by Gasteiger charge is 2.36. The molecule has 3 aromatic rings. The zero-order valence-electron chi connectivity index (χ0n) is 20.3. The molecule has 1 fully saturated rings. The molecule has 7 heteroatoms. The first-order chi connectivity index (χ1) is 17.0. The van der Waals surface area contributed by atoms with E-state index in [0.717, 1.165) is 11.1 Å². The van der Waals surface area contributed by atoms with Gasteiger partial charge < -0.3 is 25.0 Å². The molecule has 182 valence electrons. The highest BCUT2D eigenvalue weighted by molar-refractivity contribution is 5.94. The molecule has 0 aromatic heterocycles. The lowest BCUT2D eigenvalue weighted by molar-refractivity contribution is -0.121. The van der Waals surface area contributed by atoms with Gasteiger partial charge in [0.05, 0.1) is 26.2 Å². The molecule has 3 aromatic carbocycles. The minimum absolute atomic E-state index is 0.108. The molecule has 3 amide bonds. The van der Waals surface area contributed by atoms with Gasteiger partial charge >= 0.3 is 6.03 Å². The molecule has 1 saturated heterocycles. The number of aryl methyl sites for hydroxylation is 1. The van der Waals surface area contributed by atoms with Crippen molar-refractivity contribution in [1.82, 2.24) is 4.90 Å². The Bertz CT molecular complexity index is 1180. The predicted octanol–water partition coefficient (Wildman–Crippen LogP) is 5.64. The summed E-state index contributed by atoms with van der Waals surface area (Å²) in [5, 5.41) is 5.97. The van der Waals surface area contributed by atoms with E-state index in [4.69, 9.17) is 9.47 Å². The van der Waals surface area contributed by atoms with Crippen molar-refractivity contribution in [1.29, 1.82) is 0 Å². The number of urea groups is 1. The van der Waals surface area contributed by atoms with Crippen molar-refractivity contribution in [2.24, 2.45) is 5.92 Å². The molecule has 0 radical (unpaired) electrons. The molecule has 2 N–H and O–H groups in total. The third-order valence-corrected chi connectivity index (χ3v) is 6.32. The van der Waals surface area contributed by atoms with Crippen LogP contribution < -0.4 is 20.1 Å². The maximum absolute atomic E-state index is 13.4. The van der Waals surface area contributed by atoms with Crippen LogP contribution in [0.3, 0.4) is 0 Å². The van der Waals surface area contributed by atoms with Crippen LogP contribution in [-0.4, -0.2) is 37.6 Å². The molecule has 1 aliphatic rings. The highest BCUT2D eigenvalue weighted by atomic mass is 16.5. The van der Waals surface area contributed by atoms with Crippen LogP contribution in [0.5, 0.6) is 11.5 Å². The van der Waals surface area contributed by atoms with E-state index in [0.29, 0.717) is 42.3 Å². The lowest BCUT2D eigenvalue weighted by Crippen LogP contribution is -2.47. The van der Waals surface area contributed by atoms with Crippen molar-refractivity contribution >= 4 is 23.3 Å². The smallest absolute Gasteiger partial charge is 0.322 e. The zero-order chi connectivity index (χ0) is 24.8. The molecule has 35 heavy (non-hydrogen) atoms. The second-order valence-corrected chi connectivity index (χ2v) is 8.74. The maximum Gasteiger partial charge on any atom is 0.322 e. The first-order valence-corrected chi connectivity index (χ1v) is 11.7. The van der Waals surface area contributed by atoms with E-state index in [2.05, 4.69) is 16.7 Å². The van der Waals surface area contributed by atoms with Gasteiger partial charge in [0.2, 0.25) is 5.91 Å². The SMILES string of the molecule is COc1ccc(NC(=O)N2CC(C(=O)Nc3cccc(OC)c3)CCC2c2cccc(C)c2)cc1. The number of hydrogen-bond acceptors (Lipinski definition) is 4. The summed E-state index contributed by atoms with van der Waals surface area (Å²) in [6.45, 7) is 2.36. The van der Waals surface area contributed by atoms with Crippen molar-refractivity contribution in [3.05, 3.63) is 83.9 Å². The van der Waals surface area contributed by atoms with Crippen molar-refractivity contribution in [3.63, 3.8) is 0 Å². The summed E-state index contributed by atoms with van der Waals surface area (Å²) in [6, 6.07) is 22.3. The molecule has 7 nitrogen and oxygen atoms in total. The number of methoxy groups -OCH3 is 2. The van der Waals surface area contributed by atoms with Gasteiger partial charge in [0, 0.05) is 24.0 Å². The lowest BCUT2D eigenvalue weighted by atomic mass is 9.88. The van der Waals surface area contributed by atoms with Crippen LogP contribution in [0, 0.1) is 12.8 Å². The van der Waals surface area contributed by atoms with Crippen molar-refractivity contribution in [2.45, 2.75) is 25.8 Å². The van der Waals surface area contributed by atoms with E-state index in [1.165, 1.54) is 0 Å². The third-order valence-electron chi connectivity index (χ3n) is 6.32. The number of amides is 3. The third kappa shape index (κ3) is 5.93. The van der Waals surface area contributed by atoms with Gasteiger partial charge in [-0.25, -0.2) is 4.79 Å². The maximum atomic E-state index is 13.4. The quantitative estimate of drug-likeness (QED) is 0.486. The molecule has 0 saturated carbocycles. The Morgan fingerprint density at radius 3 is 2.29 bits per heavy atom. The Morgan fingerprint density at radius 2 is 1.57 bits per heavy atom. The fraction of sp³-hybridized carbons (Fsp3) is 0.286. The fourth-order valence-corrected chi connectivity index (χ4v) is 4.45. The Hall–Kier alpha value is -4.00. The van der Waals surface area contributed by atoms with Gasteiger partial charge in [-0.15, -0.1) is 0 Å². The Kier molecular flexibility index (Phi) is 7.55. The lowest BCUT2D eigenvalue weighted by Gasteiger charge is -2.39. The summed E-state index contributed by atoms with van der Waals surface area (Å²) >= 11 is 0. The number of carbonyl (C=O) groups is 2. The van der Waals surface area contributed by atoms with Crippen molar-refractivity contribution in [3.8, 4) is 11.5 Å². The Labute approximate surface area is 206 Å². The van der Waals surface area contributed by atoms with E-state index in [-0.39, 0.29) is 23.9 Å². The molecule has 1 aliphatic heterocycles. The molecule has 0 spiro atoms. The van der Waals surface area contributed by atoms with Crippen molar-refractivity contribution < 1.29 is 19.1 Å². The summed E-state index contributed by atoms with van der Waals surface area (Å²) in [7, 11) is 3.19. The van der Waals surface area contributed by atoms with Gasteiger partial charge in [-0.3, -0.25) is 4.79 Å². The normalized spacial score (nSPS) is 17.4. The number of nitrogens with zero attached hydrogens (tertiary/aromatic N) is 1. The van der Waals surface area contributed by atoms with E-state index in [1.807, 2.05) is 43.3 Å². The minimum Gasteiger partial charge on any atom is -0.497 e. The van der Waals surface area contributed by atoms with Crippen LogP contribution in [-0.2, 0) is 4.79 Å². The van der Waals surface area contributed by atoms with Gasteiger partial charge in [0.15, 0.2) is 0 Å². The Morgan fingerprint density at radius 1 is 0.829 bits per heavy atom. The number of piperidine rings is 1. The van der Waals surface area contributed by atoms with Gasteiger partial charge in [0.1, 0.15) is 11.5 Å². The summed E-state index contributed by atoms with van der Waals surface area (Å²) in [4.78, 5) is 28.3. The molecular formula is C28H31N3O4. The number of likely N-dealkylation sites (tertiary alicyclic amines) is 1. The van der Waals surface area contributed by atoms with E-state index < -0.39 is 0 Å². The van der Waals surface area contributed by atoms with Crippen LogP contribution in [0.1, 0.15) is 30.0 Å². The standard InChI is InChI=1S/C28H31N3O4/c1-19-6-4-7-20(16-19)26-15-10-21(27(32)29-23-8-5-9-25(17-23)35-3)18-31(26)28(33)30-22-11-13-24(34-2)14-12-22/h4-9,11-14,16-17,21,26H,10,15,18H2,1-3H3,(H,29,32)(H,30,33). The average Bonchev–Trinajstić information content (AvgIpc) is 2.89. The minimum atomic E-state index is -0.330. The highest BCUT2D eigenvalue weighted by Crippen LogP contribution is 2.35. The van der Waals surface area contributed by atoms with Crippen LogP contribution >= 0.6 is 0 Å². The first kappa shape index (κ1) is 24.1. The monoisotopic (exact) mass is 473 g/mol. The molecule has 4 rings (SSSR count). The van der Waals surface area contributed by atoms with E-state index >= 15 is 0 Å². The number of ether oxygens (including phenoxy) is 2. The number of hydrogen-bond donors (Lipinski definition) is 2. The number of anilines is 2. The van der Waals surface area contributed by atoms with E-state index in [1.54, 1.807) is 49.5 Å². The summed E-state index contributed by atoms with van der Waals surface area (Å²) in [5.41, 5.74) is 3.54. The molecule has 2 unspecified atom stereocenters. The van der Waals surface area contributed by atoms with Crippen LogP contribution in [0.25, 0.3) is 0 Å². The van der Waals surface area contributed by atoms with Gasteiger partial charge in [-0.05, 0) is 61.7 Å². The number of benzene rings is 3. The fourth-order valence-electron chi connectivity index (χ4n) is 4.45. The summed E-state index contributed by atoms with van der Waals surface area (Å²) in [5.74, 6) is 0.950.